The maximum Gasteiger partial charge on any atom is 0.307 e. The number of ether oxygens (including phenoxy) is 1. The van der Waals surface area contributed by atoms with Gasteiger partial charge in [-0.05, 0) is 40.8 Å². The van der Waals surface area contributed by atoms with E-state index in [2.05, 4.69) is 0 Å². The smallest absolute Gasteiger partial charge is 0.307 e. The van der Waals surface area contributed by atoms with E-state index in [0.29, 0.717) is 6.42 Å². The van der Waals surface area contributed by atoms with Crippen molar-refractivity contribution in [2.45, 2.75) is 12.8 Å². The topological polar surface area (TPSA) is 66.8 Å². The van der Waals surface area contributed by atoms with Crippen LogP contribution in [-0.4, -0.2) is 29.9 Å². The van der Waals surface area contributed by atoms with E-state index < -0.39 is 5.97 Å². The van der Waals surface area contributed by atoms with Gasteiger partial charge in [-0.3, -0.25) is 4.79 Å². The molecule has 4 nitrogen and oxygen atoms in total. The maximum absolute atomic E-state index is 10.8. The van der Waals surface area contributed by atoms with Gasteiger partial charge in [0.15, 0.2) is 0 Å². The summed E-state index contributed by atoms with van der Waals surface area (Å²) < 4.78 is 5.28. The summed E-state index contributed by atoms with van der Waals surface area (Å²) in [5, 5.41) is 18.0. The lowest BCUT2D eigenvalue weighted by Gasteiger charge is -2.11. The summed E-state index contributed by atoms with van der Waals surface area (Å²) in [4.78, 5) is 10.8. The van der Waals surface area contributed by atoms with Gasteiger partial charge in [-0.1, -0.05) is 30.3 Å². The van der Waals surface area contributed by atoms with E-state index in [1.54, 1.807) is 13.2 Å². The Hall–Kier alpha value is -2.33. The highest BCUT2D eigenvalue weighted by Gasteiger charge is 2.07. The van der Waals surface area contributed by atoms with Crippen molar-refractivity contribution in [1.29, 1.82) is 0 Å². The monoisotopic (exact) mass is 286 g/mol. The molecule has 2 N–H and O–H groups in total. The minimum atomic E-state index is -0.845. The van der Waals surface area contributed by atoms with Gasteiger partial charge in [-0.2, -0.15) is 0 Å². The molecule has 0 aliphatic rings. The molecule has 110 valence electrons. The molecule has 0 saturated heterocycles. The number of carbonyl (C=O) groups is 1. The fraction of sp³-hybridized carbons (Fsp3) is 0.235. The van der Waals surface area contributed by atoms with E-state index in [1.807, 2.05) is 36.4 Å². The van der Waals surface area contributed by atoms with Crippen LogP contribution < -0.4 is 4.74 Å². The molecular formula is C17H18O4. The van der Waals surface area contributed by atoms with E-state index in [-0.39, 0.29) is 13.0 Å². The Labute approximate surface area is 123 Å². The Kier molecular flexibility index (Phi) is 4.95. The highest BCUT2D eigenvalue weighted by atomic mass is 16.5. The lowest BCUT2D eigenvalue weighted by atomic mass is 9.98. The SMILES string of the molecule is COc1ccc(-c2cccc(CC(=O)O)c2)cc1CCO. The Morgan fingerprint density at radius 3 is 2.57 bits per heavy atom. The fourth-order valence-electron chi connectivity index (χ4n) is 2.31. The highest BCUT2D eigenvalue weighted by Crippen LogP contribution is 2.27. The molecule has 0 aliphatic heterocycles. The van der Waals surface area contributed by atoms with Crippen molar-refractivity contribution in [3.05, 3.63) is 53.6 Å². The number of aliphatic hydroxyl groups is 1. The minimum Gasteiger partial charge on any atom is -0.496 e. The Bertz CT molecular complexity index is 634. The van der Waals surface area contributed by atoms with Crippen LogP contribution in [0.25, 0.3) is 11.1 Å². The van der Waals surface area contributed by atoms with Crippen LogP contribution in [0.5, 0.6) is 5.75 Å². The first-order valence-corrected chi connectivity index (χ1v) is 6.73. The van der Waals surface area contributed by atoms with Gasteiger partial charge >= 0.3 is 5.97 Å². The third-order valence-electron chi connectivity index (χ3n) is 3.28. The molecule has 21 heavy (non-hydrogen) atoms. The second kappa shape index (κ2) is 6.90. The van der Waals surface area contributed by atoms with Crippen molar-refractivity contribution < 1.29 is 19.7 Å². The van der Waals surface area contributed by atoms with Crippen LogP contribution in [0.2, 0.25) is 0 Å². The average Bonchev–Trinajstić information content (AvgIpc) is 2.47. The number of methoxy groups -OCH3 is 1. The minimum absolute atomic E-state index is 0.00743. The molecule has 0 saturated carbocycles. The Morgan fingerprint density at radius 2 is 1.90 bits per heavy atom. The van der Waals surface area contributed by atoms with Crippen molar-refractivity contribution in [3.8, 4) is 16.9 Å². The van der Waals surface area contributed by atoms with E-state index in [4.69, 9.17) is 14.9 Å². The molecule has 2 rings (SSSR count). The van der Waals surface area contributed by atoms with Gasteiger partial charge in [0, 0.05) is 6.61 Å². The number of carboxylic acid groups (broad SMARTS) is 1. The van der Waals surface area contributed by atoms with Crippen molar-refractivity contribution >= 4 is 5.97 Å². The molecule has 0 unspecified atom stereocenters. The fourth-order valence-corrected chi connectivity index (χ4v) is 2.31. The van der Waals surface area contributed by atoms with Gasteiger partial charge in [0.25, 0.3) is 0 Å². The summed E-state index contributed by atoms with van der Waals surface area (Å²) in [6, 6.07) is 13.2. The predicted octanol–water partition coefficient (Wildman–Crippen LogP) is 2.52. The average molecular weight is 286 g/mol. The first kappa shape index (κ1) is 15.1. The number of carboxylic acids is 1. The summed E-state index contributed by atoms with van der Waals surface area (Å²) in [7, 11) is 1.60. The zero-order valence-electron chi connectivity index (χ0n) is 11.9. The highest BCUT2D eigenvalue weighted by molar-refractivity contribution is 5.72. The summed E-state index contributed by atoms with van der Waals surface area (Å²) in [6.07, 6.45) is 0.527. The molecule has 0 amide bonds. The predicted molar refractivity (Wildman–Crippen MR) is 80.6 cm³/mol. The molecule has 0 atom stereocenters. The van der Waals surface area contributed by atoms with Crippen molar-refractivity contribution in [3.63, 3.8) is 0 Å². The number of hydrogen-bond acceptors (Lipinski definition) is 3. The molecule has 0 radical (unpaired) electrons. The quantitative estimate of drug-likeness (QED) is 0.856. The number of aliphatic hydroxyl groups excluding tert-OH is 1. The lowest BCUT2D eigenvalue weighted by molar-refractivity contribution is -0.136. The molecule has 2 aromatic rings. The molecule has 2 aromatic carbocycles. The Balaban J connectivity index is 2.37. The van der Waals surface area contributed by atoms with Gasteiger partial charge in [0.1, 0.15) is 5.75 Å². The molecule has 0 spiro atoms. The van der Waals surface area contributed by atoms with Crippen LogP contribution >= 0.6 is 0 Å². The second-order valence-corrected chi connectivity index (χ2v) is 4.77. The van der Waals surface area contributed by atoms with Gasteiger partial charge in [-0.25, -0.2) is 0 Å². The first-order valence-electron chi connectivity index (χ1n) is 6.73. The van der Waals surface area contributed by atoms with Crippen molar-refractivity contribution in [1.82, 2.24) is 0 Å². The van der Waals surface area contributed by atoms with Crippen LogP contribution in [0.1, 0.15) is 11.1 Å². The van der Waals surface area contributed by atoms with Gasteiger partial charge in [0.05, 0.1) is 13.5 Å². The summed E-state index contributed by atoms with van der Waals surface area (Å²) in [5.74, 6) is -0.0997. The largest absolute Gasteiger partial charge is 0.496 e. The number of rotatable bonds is 6. The van der Waals surface area contributed by atoms with Crippen LogP contribution in [0.4, 0.5) is 0 Å². The summed E-state index contributed by atoms with van der Waals surface area (Å²) in [6.45, 7) is 0.0544. The van der Waals surface area contributed by atoms with Crippen LogP contribution in [0, 0.1) is 0 Å². The van der Waals surface area contributed by atoms with Gasteiger partial charge < -0.3 is 14.9 Å². The second-order valence-electron chi connectivity index (χ2n) is 4.77. The number of hydrogen-bond donors (Lipinski definition) is 2. The third kappa shape index (κ3) is 3.83. The molecule has 0 bridgehead atoms. The van der Waals surface area contributed by atoms with Crippen LogP contribution in [0.15, 0.2) is 42.5 Å². The van der Waals surface area contributed by atoms with E-state index in [0.717, 1.165) is 28.0 Å². The number of benzene rings is 2. The van der Waals surface area contributed by atoms with Gasteiger partial charge in [-0.15, -0.1) is 0 Å². The lowest BCUT2D eigenvalue weighted by Crippen LogP contribution is -2.00. The maximum atomic E-state index is 10.8. The van der Waals surface area contributed by atoms with Crippen LogP contribution in [-0.2, 0) is 17.6 Å². The standard InChI is InChI=1S/C17H18O4/c1-21-16-6-5-14(11-15(16)7-8-18)13-4-2-3-12(9-13)10-17(19)20/h2-6,9,11,18H,7-8,10H2,1H3,(H,19,20). The number of aliphatic carboxylic acids is 1. The van der Waals surface area contributed by atoms with E-state index >= 15 is 0 Å². The van der Waals surface area contributed by atoms with Crippen molar-refractivity contribution in [2.75, 3.05) is 13.7 Å². The Morgan fingerprint density at radius 1 is 1.14 bits per heavy atom. The first-order chi connectivity index (χ1) is 10.1. The molecule has 4 heteroatoms. The summed E-state index contributed by atoms with van der Waals surface area (Å²) in [5.41, 5.74) is 3.63. The zero-order valence-corrected chi connectivity index (χ0v) is 11.9. The van der Waals surface area contributed by atoms with E-state index in [1.165, 1.54) is 0 Å². The third-order valence-corrected chi connectivity index (χ3v) is 3.28. The van der Waals surface area contributed by atoms with E-state index in [9.17, 15) is 4.79 Å². The van der Waals surface area contributed by atoms with Crippen LogP contribution in [0.3, 0.4) is 0 Å². The van der Waals surface area contributed by atoms with Crippen molar-refractivity contribution in [2.24, 2.45) is 0 Å². The molecule has 0 aliphatic carbocycles. The molecule has 0 fully saturated rings. The van der Waals surface area contributed by atoms with Gasteiger partial charge in [0.2, 0.25) is 0 Å². The molecule has 0 heterocycles. The summed E-state index contributed by atoms with van der Waals surface area (Å²) >= 11 is 0. The normalized spacial score (nSPS) is 10.4. The molecule has 0 aromatic heterocycles. The molecular weight excluding hydrogens is 268 g/mol. The zero-order chi connectivity index (χ0) is 15.2.